The summed E-state index contributed by atoms with van der Waals surface area (Å²) in [7, 11) is 0. The first-order chi connectivity index (χ1) is 7.29. The maximum Gasteiger partial charge on any atom is 0.227 e. The zero-order chi connectivity index (χ0) is 10.7. The molecule has 4 nitrogen and oxygen atoms in total. The van der Waals surface area contributed by atoms with Crippen LogP contribution in [0.3, 0.4) is 0 Å². The second kappa shape index (κ2) is 4.67. The molecular weight excluding hydrogens is 210 g/mol. The highest BCUT2D eigenvalue weighted by Gasteiger charge is 2.23. The number of aromatic nitrogens is 2. The lowest BCUT2D eigenvalue weighted by Gasteiger charge is -1.99. The molecule has 2 atom stereocenters. The van der Waals surface area contributed by atoms with Gasteiger partial charge in [0.25, 0.3) is 0 Å². The van der Waals surface area contributed by atoms with E-state index in [2.05, 4.69) is 16.2 Å². The van der Waals surface area contributed by atoms with Gasteiger partial charge in [-0.2, -0.15) is 22.0 Å². The zero-order valence-corrected chi connectivity index (χ0v) is 9.46. The average Bonchev–Trinajstić information content (AvgIpc) is 2.85. The van der Waals surface area contributed by atoms with E-state index >= 15 is 0 Å². The van der Waals surface area contributed by atoms with Crippen molar-refractivity contribution >= 4 is 11.8 Å². The Balaban J connectivity index is 2.00. The summed E-state index contributed by atoms with van der Waals surface area (Å²) in [6, 6.07) is 2.16. The quantitative estimate of drug-likeness (QED) is 0.787. The molecule has 2 heterocycles. The molecule has 2 unspecified atom stereocenters. The van der Waals surface area contributed by atoms with Gasteiger partial charge in [-0.1, -0.05) is 5.16 Å². The lowest BCUT2D eigenvalue weighted by molar-refractivity contribution is 0.364. The summed E-state index contributed by atoms with van der Waals surface area (Å²) in [6.07, 6.45) is 2.92. The van der Waals surface area contributed by atoms with Crippen molar-refractivity contribution in [3.05, 3.63) is 11.7 Å². The summed E-state index contributed by atoms with van der Waals surface area (Å²) in [4.78, 5) is 4.33. The minimum Gasteiger partial charge on any atom is -0.339 e. The number of hydrogen-bond donors (Lipinski definition) is 0. The predicted octanol–water partition coefficient (Wildman–Crippen LogP) is 2.34. The van der Waals surface area contributed by atoms with E-state index in [0.717, 1.165) is 12.2 Å². The van der Waals surface area contributed by atoms with Crippen LogP contribution in [0.25, 0.3) is 0 Å². The largest absolute Gasteiger partial charge is 0.339 e. The number of nitrogens with zero attached hydrogens (tertiary/aromatic N) is 3. The molecule has 2 rings (SSSR count). The molecule has 5 heteroatoms. The molecule has 0 radical (unpaired) electrons. The number of hydrogen-bond acceptors (Lipinski definition) is 5. The Bertz CT molecular complexity index is 365. The van der Waals surface area contributed by atoms with Crippen LogP contribution in [-0.4, -0.2) is 15.9 Å². The van der Waals surface area contributed by atoms with Crippen LogP contribution in [0.15, 0.2) is 4.52 Å². The van der Waals surface area contributed by atoms with Crippen LogP contribution in [0.5, 0.6) is 0 Å². The Morgan fingerprint density at radius 1 is 1.73 bits per heavy atom. The van der Waals surface area contributed by atoms with Crippen molar-refractivity contribution < 1.29 is 4.52 Å². The van der Waals surface area contributed by atoms with Gasteiger partial charge in [0.15, 0.2) is 5.82 Å². The molecule has 0 aliphatic carbocycles. The fourth-order valence-corrected chi connectivity index (χ4v) is 2.77. The van der Waals surface area contributed by atoms with E-state index in [-0.39, 0.29) is 5.92 Å². The highest BCUT2D eigenvalue weighted by molar-refractivity contribution is 7.99. The zero-order valence-electron chi connectivity index (χ0n) is 8.64. The topological polar surface area (TPSA) is 62.7 Å². The van der Waals surface area contributed by atoms with Gasteiger partial charge in [0.2, 0.25) is 5.89 Å². The summed E-state index contributed by atoms with van der Waals surface area (Å²) in [6.45, 7) is 1.86. The Labute approximate surface area is 93.0 Å². The standard InChI is InChI=1S/C10H13N3OS/c1-7(6-11)5-9-12-10(13-14-9)8-3-2-4-15-8/h7-8H,2-5H2,1H3. The molecule has 1 aromatic heterocycles. The Morgan fingerprint density at radius 2 is 2.60 bits per heavy atom. The minimum absolute atomic E-state index is 0.0606. The van der Waals surface area contributed by atoms with E-state index in [1.807, 2.05) is 18.7 Å². The van der Waals surface area contributed by atoms with Gasteiger partial charge < -0.3 is 4.52 Å². The summed E-state index contributed by atoms with van der Waals surface area (Å²) in [5, 5.41) is 13.0. The fourth-order valence-electron chi connectivity index (χ4n) is 1.57. The SMILES string of the molecule is CC(C#N)Cc1nc(C2CCCS2)no1. The lowest BCUT2D eigenvalue weighted by Crippen LogP contribution is -1.97. The third-order valence-corrected chi connectivity index (χ3v) is 3.78. The molecule has 0 amide bonds. The third kappa shape index (κ3) is 2.51. The molecule has 0 spiro atoms. The van der Waals surface area contributed by atoms with Gasteiger partial charge in [0.05, 0.1) is 17.2 Å². The van der Waals surface area contributed by atoms with Gasteiger partial charge in [-0.15, -0.1) is 0 Å². The molecule has 1 fully saturated rings. The molecule has 1 aliphatic rings. The second-order valence-corrected chi connectivity index (χ2v) is 5.09. The minimum atomic E-state index is -0.0606. The molecule has 0 aromatic carbocycles. The second-order valence-electron chi connectivity index (χ2n) is 3.78. The van der Waals surface area contributed by atoms with Crippen molar-refractivity contribution in [3.63, 3.8) is 0 Å². The highest BCUT2D eigenvalue weighted by Crippen LogP contribution is 2.38. The first kappa shape index (κ1) is 10.5. The van der Waals surface area contributed by atoms with Crippen molar-refractivity contribution in [1.82, 2.24) is 10.1 Å². The summed E-state index contributed by atoms with van der Waals surface area (Å²) >= 11 is 1.88. The first-order valence-electron chi connectivity index (χ1n) is 5.13. The number of thioether (sulfide) groups is 1. The average molecular weight is 223 g/mol. The van der Waals surface area contributed by atoms with Crippen LogP contribution in [0.2, 0.25) is 0 Å². The smallest absolute Gasteiger partial charge is 0.227 e. The third-order valence-electron chi connectivity index (χ3n) is 2.40. The fraction of sp³-hybridized carbons (Fsp3) is 0.700. The van der Waals surface area contributed by atoms with Crippen LogP contribution in [0, 0.1) is 17.2 Å². The van der Waals surface area contributed by atoms with Crippen molar-refractivity contribution in [1.29, 1.82) is 5.26 Å². The predicted molar refractivity (Wildman–Crippen MR) is 57.2 cm³/mol. The van der Waals surface area contributed by atoms with E-state index in [1.54, 1.807) is 0 Å². The van der Waals surface area contributed by atoms with Crippen LogP contribution >= 0.6 is 11.8 Å². The Hall–Kier alpha value is -1.02. The van der Waals surface area contributed by atoms with Gasteiger partial charge in [0.1, 0.15) is 0 Å². The van der Waals surface area contributed by atoms with Crippen molar-refractivity contribution in [2.45, 2.75) is 31.4 Å². The van der Waals surface area contributed by atoms with Gasteiger partial charge in [-0.25, -0.2) is 0 Å². The molecular formula is C10H13N3OS. The molecule has 80 valence electrons. The van der Waals surface area contributed by atoms with Crippen molar-refractivity contribution in [2.75, 3.05) is 5.75 Å². The molecule has 1 aromatic rings. The monoisotopic (exact) mass is 223 g/mol. The molecule has 1 aliphatic heterocycles. The maximum atomic E-state index is 8.67. The highest BCUT2D eigenvalue weighted by atomic mass is 32.2. The van der Waals surface area contributed by atoms with Gasteiger partial charge in [0, 0.05) is 6.42 Å². The number of rotatable bonds is 3. The summed E-state index contributed by atoms with van der Waals surface area (Å²) < 4.78 is 5.12. The Kier molecular flexibility index (Phi) is 3.27. The van der Waals surface area contributed by atoms with Crippen LogP contribution < -0.4 is 0 Å². The van der Waals surface area contributed by atoms with E-state index in [1.165, 1.54) is 12.2 Å². The van der Waals surface area contributed by atoms with Crippen LogP contribution in [0.1, 0.15) is 36.7 Å². The van der Waals surface area contributed by atoms with Gasteiger partial charge in [-0.3, -0.25) is 0 Å². The summed E-state index contributed by atoms with van der Waals surface area (Å²) in [5.41, 5.74) is 0. The van der Waals surface area contributed by atoms with E-state index in [9.17, 15) is 0 Å². The molecule has 0 N–H and O–H groups in total. The molecule has 1 saturated heterocycles. The maximum absolute atomic E-state index is 8.67. The Morgan fingerprint density at radius 3 is 3.27 bits per heavy atom. The van der Waals surface area contributed by atoms with E-state index < -0.39 is 0 Å². The first-order valence-corrected chi connectivity index (χ1v) is 6.18. The van der Waals surface area contributed by atoms with Crippen LogP contribution in [0.4, 0.5) is 0 Å². The normalized spacial score (nSPS) is 22.5. The van der Waals surface area contributed by atoms with E-state index in [0.29, 0.717) is 17.6 Å². The van der Waals surface area contributed by atoms with Crippen molar-refractivity contribution in [3.8, 4) is 6.07 Å². The number of nitriles is 1. The molecule has 0 bridgehead atoms. The van der Waals surface area contributed by atoms with Gasteiger partial charge in [-0.05, 0) is 25.5 Å². The van der Waals surface area contributed by atoms with Gasteiger partial charge >= 0.3 is 0 Å². The molecule has 15 heavy (non-hydrogen) atoms. The summed E-state index contributed by atoms with van der Waals surface area (Å²) in [5.74, 6) is 2.52. The lowest BCUT2D eigenvalue weighted by atomic mass is 10.1. The van der Waals surface area contributed by atoms with E-state index in [4.69, 9.17) is 9.78 Å². The van der Waals surface area contributed by atoms with Crippen molar-refractivity contribution in [2.24, 2.45) is 5.92 Å². The van der Waals surface area contributed by atoms with Crippen LogP contribution in [-0.2, 0) is 6.42 Å². The molecule has 0 saturated carbocycles.